The number of hydrogen-bond donors (Lipinski definition) is 1. The maximum Gasteiger partial charge on any atom is 0.223 e. The average molecular weight is 220 g/mol. The molecule has 0 radical (unpaired) electrons. The lowest BCUT2D eigenvalue weighted by atomic mass is 10.1. The number of benzene rings is 1. The smallest absolute Gasteiger partial charge is 0.223 e. The molecule has 0 aliphatic carbocycles. The van der Waals surface area contributed by atoms with Crippen molar-refractivity contribution in [1.82, 2.24) is 0 Å². The van der Waals surface area contributed by atoms with E-state index in [0.717, 1.165) is 17.7 Å². The van der Waals surface area contributed by atoms with Crippen molar-refractivity contribution in [3.05, 3.63) is 29.3 Å². The van der Waals surface area contributed by atoms with Crippen LogP contribution in [0.4, 0.5) is 5.69 Å². The molecular weight excluding hydrogens is 200 g/mol. The molecule has 3 heteroatoms. The number of carbonyl (C=O) groups is 1. The Bertz CT molecular complexity index is 374. The summed E-state index contributed by atoms with van der Waals surface area (Å²) in [6.45, 7) is 6.97. The molecule has 0 fully saturated rings. The fourth-order valence-corrected chi connectivity index (χ4v) is 1.81. The summed E-state index contributed by atoms with van der Waals surface area (Å²) in [5.74, 6) is 0.0698. The number of hydrogen-bond acceptors (Lipinski definition) is 2. The van der Waals surface area contributed by atoms with Crippen LogP contribution in [-0.2, 0) is 4.79 Å². The molecule has 0 atom stereocenters. The van der Waals surface area contributed by atoms with Crippen molar-refractivity contribution in [2.45, 2.75) is 27.2 Å². The molecule has 0 saturated carbocycles. The highest BCUT2D eigenvalue weighted by atomic mass is 16.2. The zero-order valence-electron chi connectivity index (χ0n) is 10.3. The third-order valence-electron chi connectivity index (χ3n) is 2.61. The van der Waals surface area contributed by atoms with Crippen molar-refractivity contribution in [1.29, 1.82) is 0 Å². The topological polar surface area (TPSA) is 46.3 Å². The van der Waals surface area contributed by atoms with E-state index < -0.39 is 0 Å². The second kappa shape index (κ2) is 5.66. The lowest BCUT2D eigenvalue weighted by Crippen LogP contribution is -2.31. The van der Waals surface area contributed by atoms with Crippen LogP contribution in [0.2, 0.25) is 0 Å². The second-order valence-electron chi connectivity index (χ2n) is 4.10. The summed E-state index contributed by atoms with van der Waals surface area (Å²) in [7, 11) is 0. The van der Waals surface area contributed by atoms with Gasteiger partial charge in [-0.05, 0) is 38.4 Å². The van der Waals surface area contributed by atoms with Crippen LogP contribution in [0.3, 0.4) is 0 Å². The molecule has 0 unspecified atom stereocenters. The van der Waals surface area contributed by atoms with E-state index in [4.69, 9.17) is 5.73 Å². The molecule has 3 nitrogen and oxygen atoms in total. The van der Waals surface area contributed by atoms with Crippen molar-refractivity contribution in [3.63, 3.8) is 0 Å². The van der Waals surface area contributed by atoms with E-state index in [1.54, 1.807) is 11.8 Å². The van der Waals surface area contributed by atoms with Gasteiger partial charge in [0.15, 0.2) is 0 Å². The summed E-state index contributed by atoms with van der Waals surface area (Å²) in [6.07, 6.45) is 0.826. The monoisotopic (exact) mass is 220 g/mol. The Balaban J connectivity index is 2.96. The van der Waals surface area contributed by atoms with E-state index in [1.807, 2.05) is 19.1 Å². The quantitative estimate of drug-likeness (QED) is 0.843. The van der Waals surface area contributed by atoms with Gasteiger partial charge < -0.3 is 10.6 Å². The minimum atomic E-state index is 0.0698. The van der Waals surface area contributed by atoms with Gasteiger partial charge in [0.1, 0.15) is 0 Å². The first kappa shape index (κ1) is 12.7. The molecule has 0 bridgehead atoms. The van der Waals surface area contributed by atoms with Crippen LogP contribution in [0, 0.1) is 13.8 Å². The molecule has 1 amide bonds. The highest BCUT2D eigenvalue weighted by molar-refractivity contribution is 5.92. The maximum absolute atomic E-state index is 11.6. The summed E-state index contributed by atoms with van der Waals surface area (Å²) in [4.78, 5) is 13.4. The Morgan fingerprint density at radius 1 is 1.38 bits per heavy atom. The van der Waals surface area contributed by atoms with Crippen LogP contribution in [0.25, 0.3) is 0 Å². The normalized spacial score (nSPS) is 10.2. The second-order valence-corrected chi connectivity index (χ2v) is 4.10. The van der Waals surface area contributed by atoms with Gasteiger partial charge in [-0.3, -0.25) is 4.79 Å². The Morgan fingerprint density at radius 2 is 2.06 bits per heavy atom. The molecule has 0 saturated heterocycles. The summed E-state index contributed by atoms with van der Waals surface area (Å²) in [5, 5.41) is 0. The van der Waals surface area contributed by atoms with E-state index in [-0.39, 0.29) is 5.91 Å². The van der Waals surface area contributed by atoms with E-state index in [9.17, 15) is 4.79 Å². The molecule has 88 valence electrons. The minimum absolute atomic E-state index is 0.0698. The fourth-order valence-electron chi connectivity index (χ4n) is 1.81. The highest BCUT2D eigenvalue weighted by Gasteiger charge is 2.12. The molecular formula is C13H20N2O. The lowest BCUT2D eigenvalue weighted by Gasteiger charge is -2.23. The first-order valence-electron chi connectivity index (χ1n) is 5.61. The molecule has 2 N–H and O–H groups in total. The van der Waals surface area contributed by atoms with Gasteiger partial charge in [0.05, 0.1) is 0 Å². The van der Waals surface area contributed by atoms with Gasteiger partial charge in [-0.2, -0.15) is 0 Å². The molecule has 1 aromatic rings. The summed E-state index contributed by atoms with van der Waals surface area (Å²) >= 11 is 0. The third-order valence-corrected chi connectivity index (χ3v) is 2.61. The first-order chi connectivity index (χ1) is 7.56. The molecule has 0 aliphatic heterocycles. The molecule has 0 spiro atoms. The summed E-state index contributed by atoms with van der Waals surface area (Å²) in [5.41, 5.74) is 8.81. The van der Waals surface area contributed by atoms with Gasteiger partial charge >= 0.3 is 0 Å². The first-order valence-corrected chi connectivity index (χ1v) is 5.61. The number of carbonyl (C=O) groups excluding carboxylic acids is 1. The predicted molar refractivity (Wildman–Crippen MR) is 67.6 cm³/mol. The van der Waals surface area contributed by atoms with Gasteiger partial charge in [-0.15, -0.1) is 0 Å². The van der Waals surface area contributed by atoms with Gasteiger partial charge in [0, 0.05) is 19.2 Å². The Morgan fingerprint density at radius 3 is 2.56 bits per heavy atom. The summed E-state index contributed by atoms with van der Waals surface area (Å²) in [6, 6.07) is 6.12. The van der Waals surface area contributed by atoms with Gasteiger partial charge in [0.25, 0.3) is 0 Å². The number of nitrogens with zero attached hydrogens (tertiary/aromatic N) is 1. The van der Waals surface area contributed by atoms with Gasteiger partial charge in [-0.1, -0.05) is 17.7 Å². The van der Waals surface area contributed by atoms with Crippen molar-refractivity contribution >= 4 is 11.6 Å². The molecule has 0 aromatic heterocycles. The minimum Gasteiger partial charge on any atom is -0.330 e. The Kier molecular flexibility index (Phi) is 4.50. The Hall–Kier alpha value is -1.35. The zero-order chi connectivity index (χ0) is 12.1. The van der Waals surface area contributed by atoms with Gasteiger partial charge in [-0.25, -0.2) is 0 Å². The van der Waals surface area contributed by atoms with Crippen LogP contribution in [0.15, 0.2) is 18.2 Å². The van der Waals surface area contributed by atoms with Crippen LogP contribution in [0.5, 0.6) is 0 Å². The van der Waals surface area contributed by atoms with Gasteiger partial charge in [0.2, 0.25) is 5.91 Å². The largest absolute Gasteiger partial charge is 0.330 e. The highest BCUT2D eigenvalue weighted by Crippen LogP contribution is 2.21. The number of anilines is 1. The van der Waals surface area contributed by atoms with Crippen molar-refractivity contribution in [2.24, 2.45) is 5.73 Å². The molecule has 1 aromatic carbocycles. The maximum atomic E-state index is 11.6. The number of nitrogens with two attached hydrogens (primary N) is 1. The van der Waals surface area contributed by atoms with Crippen LogP contribution in [0.1, 0.15) is 24.5 Å². The van der Waals surface area contributed by atoms with E-state index in [0.29, 0.717) is 13.1 Å². The van der Waals surface area contributed by atoms with Crippen LogP contribution < -0.4 is 10.6 Å². The lowest BCUT2D eigenvalue weighted by molar-refractivity contribution is -0.116. The SMILES string of the molecule is CC(=O)N(CCCN)c1ccc(C)cc1C. The predicted octanol–water partition coefficient (Wildman–Crippen LogP) is 2.01. The number of rotatable bonds is 4. The van der Waals surface area contributed by atoms with Crippen LogP contribution >= 0.6 is 0 Å². The zero-order valence-corrected chi connectivity index (χ0v) is 10.3. The molecule has 0 heterocycles. The van der Waals surface area contributed by atoms with Crippen molar-refractivity contribution in [3.8, 4) is 0 Å². The standard InChI is InChI=1S/C13H20N2O/c1-10-5-6-13(11(2)9-10)15(12(3)16)8-4-7-14/h5-6,9H,4,7-8,14H2,1-3H3. The van der Waals surface area contributed by atoms with E-state index >= 15 is 0 Å². The van der Waals surface area contributed by atoms with Crippen LogP contribution in [-0.4, -0.2) is 19.0 Å². The summed E-state index contributed by atoms with van der Waals surface area (Å²) < 4.78 is 0. The van der Waals surface area contributed by atoms with Crippen molar-refractivity contribution in [2.75, 3.05) is 18.0 Å². The fraction of sp³-hybridized carbons (Fsp3) is 0.462. The number of aryl methyl sites for hydroxylation is 2. The third kappa shape index (κ3) is 3.07. The Labute approximate surface area is 97.2 Å². The number of amides is 1. The molecule has 0 aliphatic rings. The van der Waals surface area contributed by atoms with E-state index in [1.165, 1.54) is 5.56 Å². The molecule has 1 rings (SSSR count). The molecule has 16 heavy (non-hydrogen) atoms. The average Bonchev–Trinajstić information content (AvgIpc) is 2.20. The van der Waals surface area contributed by atoms with Crippen molar-refractivity contribution < 1.29 is 4.79 Å². The van der Waals surface area contributed by atoms with E-state index in [2.05, 4.69) is 13.0 Å².